The number of anilines is 2. The molecule has 1 heterocycles. The summed E-state index contributed by atoms with van der Waals surface area (Å²) in [6.45, 7) is 1.78. The first-order valence-electron chi connectivity index (χ1n) is 11.3. The number of nitrogens with two attached hydrogens (primary N) is 1. The molecule has 0 fully saturated rings. The zero-order chi connectivity index (χ0) is 26.4. The molecule has 188 valence electrons. The Morgan fingerprint density at radius 3 is 2.62 bits per heavy atom. The summed E-state index contributed by atoms with van der Waals surface area (Å²) < 4.78 is 25.6. The normalized spacial score (nSPS) is 11.4. The van der Waals surface area contributed by atoms with Gasteiger partial charge in [0.15, 0.2) is 11.6 Å². The van der Waals surface area contributed by atoms with Gasteiger partial charge in [0.1, 0.15) is 12.4 Å². The van der Waals surface area contributed by atoms with Crippen molar-refractivity contribution in [2.45, 2.75) is 19.6 Å². The molecule has 3 N–H and O–H groups in total. The molecule has 3 aromatic carbocycles. The van der Waals surface area contributed by atoms with E-state index in [1.165, 1.54) is 30.5 Å². The molecule has 9 heteroatoms. The highest BCUT2D eigenvalue weighted by molar-refractivity contribution is 6.30. The number of aryl methyl sites for hydroxylation is 1. The SMILES string of the molecule is Cc1ccc(F)c(C(=O)Nc2cccc([C@@H](Oc3cc(Cl)cnc3N)C(=O)OCc3ccccc3)c2)c1. The fraction of sp³-hybridized carbons (Fsp3) is 0.107. The summed E-state index contributed by atoms with van der Waals surface area (Å²) in [5, 5.41) is 2.92. The second-order valence-electron chi connectivity index (χ2n) is 8.19. The number of carbonyl (C=O) groups excluding carboxylic acids is 2. The maximum Gasteiger partial charge on any atom is 0.352 e. The molecular weight excluding hydrogens is 497 g/mol. The lowest BCUT2D eigenvalue weighted by Gasteiger charge is -2.20. The molecule has 0 aliphatic carbocycles. The molecule has 1 aromatic heterocycles. The van der Waals surface area contributed by atoms with Gasteiger partial charge in [0.25, 0.3) is 5.91 Å². The summed E-state index contributed by atoms with van der Waals surface area (Å²) in [6.07, 6.45) is 0.0893. The molecule has 37 heavy (non-hydrogen) atoms. The maximum atomic E-state index is 14.2. The van der Waals surface area contributed by atoms with E-state index in [-0.39, 0.29) is 28.8 Å². The molecule has 7 nitrogen and oxygen atoms in total. The molecular formula is C28H23ClFN3O4. The van der Waals surface area contributed by atoms with Crippen LogP contribution in [0.4, 0.5) is 15.9 Å². The van der Waals surface area contributed by atoms with Crippen molar-refractivity contribution in [1.82, 2.24) is 4.98 Å². The lowest BCUT2D eigenvalue weighted by Crippen LogP contribution is -2.22. The second-order valence-corrected chi connectivity index (χ2v) is 8.63. The Kier molecular flexibility index (Phi) is 8.00. The Morgan fingerprint density at radius 2 is 1.84 bits per heavy atom. The Hall–Kier alpha value is -4.43. The molecule has 0 saturated heterocycles. The number of ether oxygens (including phenoxy) is 2. The number of rotatable bonds is 8. The van der Waals surface area contributed by atoms with Gasteiger partial charge in [-0.05, 0) is 36.8 Å². The predicted molar refractivity (Wildman–Crippen MR) is 139 cm³/mol. The van der Waals surface area contributed by atoms with Gasteiger partial charge >= 0.3 is 5.97 Å². The van der Waals surface area contributed by atoms with E-state index < -0.39 is 23.8 Å². The molecule has 0 aliphatic heterocycles. The number of nitrogens with zero attached hydrogens (tertiary/aromatic N) is 1. The molecule has 4 rings (SSSR count). The average Bonchev–Trinajstić information content (AvgIpc) is 2.89. The van der Waals surface area contributed by atoms with Gasteiger partial charge in [-0.2, -0.15) is 0 Å². The molecule has 0 spiro atoms. The summed E-state index contributed by atoms with van der Waals surface area (Å²) in [5.41, 5.74) is 8.04. The molecule has 0 unspecified atom stereocenters. The topological polar surface area (TPSA) is 104 Å². The number of nitrogen functional groups attached to an aromatic ring is 1. The Bertz CT molecular complexity index is 1430. The van der Waals surface area contributed by atoms with Gasteiger partial charge in [-0.3, -0.25) is 4.79 Å². The van der Waals surface area contributed by atoms with Crippen molar-refractivity contribution < 1.29 is 23.5 Å². The van der Waals surface area contributed by atoms with E-state index >= 15 is 0 Å². The zero-order valence-electron chi connectivity index (χ0n) is 19.8. The first kappa shape index (κ1) is 25.7. The number of benzene rings is 3. The van der Waals surface area contributed by atoms with Crippen LogP contribution in [0.1, 0.15) is 33.2 Å². The van der Waals surface area contributed by atoms with E-state index in [9.17, 15) is 14.0 Å². The van der Waals surface area contributed by atoms with Gasteiger partial charge in [0, 0.05) is 23.5 Å². The summed E-state index contributed by atoms with van der Waals surface area (Å²) in [6, 6.07) is 21.3. The van der Waals surface area contributed by atoms with E-state index in [1.807, 2.05) is 30.3 Å². The third-order valence-corrected chi connectivity index (χ3v) is 5.55. The number of carbonyl (C=O) groups is 2. The van der Waals surface area contributed by atoms with Crippen LogP contribution < -0.4 is 15.8 Å². The number of amides is 1. The third kappa shape index (κ3) is 6.62. The molecule has 4 aromatic rings. The van der Waals surface area contributed by atoms with E-state index in [0.29, 0.717) is 11.3 Å². The quantitative estimate of drug-likeness (QED) is 0.282. The van der Waals surface area contributed by atoms with E-state index in [1.54, 1.807) is 31.2 Å². The number of halogens is 2. The molecule has 0 saturated carbocycles. The zero-order valence-corrected chi connectivity index (χ0v) is 20.5. The van der Waals surface area contributed by atoms with Crippen molar-refractivity contribution in [3.63, 3.8) is 0 Å². The number of nitrogens with one attached hydrogen (secondary N) is 1. The van der Waals surface area contributed by atoms with Gasteiger partial charge < -0.3 is 20.5 Å². The minimum Gasteiger partial charge on any atom is -0.470 e. The highest BCUT2D eigenvalue weighted by atomic mass is 35.5. The lowest BCUT2D eigenvalue weighted by atomic mass is 10.1. The number of esters is 1. The van der Waals surface area contributed by atoms with Gasteiger partial charge in [-0.25, -0.2) is 14.2 Å². The Morgan fingerprint density at radius 1 is 1.05 bits per heavy atom. The Labute approximate surface area is 218 Å². The van der Waals surface area contributed by atoms with E-state index in [4.69, 9.17) is 26.8 Å². The van der Waals surface area contributed by atoms with Crippen LogP contribution in [0.25, 0.3) is 0 Å². The first-order valence-corrected chi connectivity index (χ1v) is 11.6. The standard InChI is InChI=1S/C28H23ClFN3O4/c1-17-10-11-23(30)22(12-17)27(34)33-21-9-5-8-19(13-21)25(37-24-14-20(29)15-32-26(24)31)28(35)36-16-18-6-3-2-4-7-18/h2-15,25H,16H2,1H3,(H2,31,32)(H,33,34)/t25-/m1/s1. The highest BCUT2D eigenvalue weighted by Gasteiger charge is 2.26. The van der Waals surface area contributed by atoms with Gasteiger partial charge in [-0.1, -0.05) is 65.7 Å². The van der Waals surface area contributed by atoms with Crippen LogP contribution in [0.3, 0.4) is 0 Å². The largest absolute Gasteiger partial charge is 0.470 e. The summed E-state index contributed by atoms with van der Waals surface area (Å²) in [7, 11) is 0. The smallest absolute Gasteiger partial charge is 0.352 e. The monoisotopic (exact) mass is 519 g/mol. The lowest BCUT2D eigenvalue weighted by molar-refractivity contribution is -0.153. The summed E-state index contributed by atoms with van der Waals surface area (Å²) in [4.78, 5) is 29.9. The van der Waals surface area contributed by atoms with Gasteiger partial charge in [0.05, 0.1) is 10.6 Å². The van der Waals surface area contributed by atoms with Crippen molar-refractivity contribution in [3.8, 4) is 5.75 Å². The van der Waals surface area contributed by atoms with E-state index in [0.717, 1.165) is 11.1 Å². The molecule has 1 atom stereocenters. The summed E-state index contributed by atoms with van der Waals surface area (Å²) in [5.74, 6) is -1.86. The minimum absolute atomic E-state index is 0.0197. The van der Waals surface area contributed by atoms with Crippen LogP contribution in [0.5, 0.6) is 5.75 Å². The van der Waals surface area contributed by atoms with Crippen LogP contribution in [0.2, 0.25) is 5.02 Å². The van der Waals surface area contributed by atoms with Crippen molar-refractivity contribution in [2.24, 2.45) is 0 Å². The molecule has 0 radical (unpaired) electrons. The van der Waals surface area contributed by atoms with Crippen LogP contribution in [0, 0.1) is 12.7 Å². The second kappa shape index (κ2) is 11.5. The van der Waals surface area contributed by atoms with Crippen LogP contribution in [-0.4, -0.2) is 16.9 Å². The number of hydrogen-bond acceptors (Lipinski definition) is 6. The van der Waals surface area contributed by atoms with Crippen molar-refractivity contribution in [3.05, 3.63) is 118 Å². The summed E-state index contributed by atoms with van der Waals surface area (Å²) >= 11 is 6.04. The van der Waals surface area contributed by atoms with Crippen molar-refractivity contribution >= 4 is 35.0 Å². The molecule has 0 aliphatic rings. The fourth-order valence-corrected chi connectivity index (χ4v) is 3.65. The highest BCUT2D eigenvalue weighted by Crippen LogP contribution is 2.30. The first-order chi connectivity index (χ1) is 17.8. The number of pyridine rings is 1. The third-order valence-electron chi connectivity index (χ3n) is 5.34. The number of aromatic nitrogens is 1. The molecule has 0 bridgehead atoms. The van der Waals surface area contributed by atoms with Crippen LogP contribution in [-0.2, 0) is 16.1 Å². The number of hydrogen-bond donors (Lipinski definition) is 2. The predicted octanol–water partition coefficient (Wildman–Crippen LogP) is 5.88. The van der Waals surface area contributed by atoms with Crippen molar-refractivity contribution in [1.29, 1.82) is 0 Å². The maximum absolute atomic E-state index is 14.2. The van der Waals surface area contributed by atoms with E-state index in [2.05, 4.69) is 10.3 Å². The Balaban J connectivity index is 1.61. The van der Waals surface area contributed by atoms with Gasteiger partial charge in [0.2, 0.25) is 6.10 Å². The minimum atomic E-state index is -1.26. The van der Waals surface area contributed by atoms with Crippen LogP contribution in [0.15, 0.2) is 85.1 Å². The van der Waals surface area contributed by atoms with Gasteiger partial charge in [-0.15, -0.1) is 0 Å². The average molecular weight is 520 g/mol. The molecule has 1 amide bonds. The van der Waals surface area contributed by atoms with Crippen molar-refractivity contribution in [2.75, 3.05) is 11.1 Å². The fourth-order valence-electron chi connectivity index (χ4n) is 3.50. The van der Waals surface area contributed by atoms with Crippen LogP contribution >= 0.6 is 11.6 Å².